The molecular formula is C8H11N5. The second-order valence-corrected chi connectivity index (χ2v) is 2.32. The number of hydrogen-bond donors (Lipinski definition) is 3. The number of hydrogen-bond acceptors (Lipinski definition) is 5. The summed E-state index contributed by atoms with van der Waals surface area (Å²) in [5, 5.41) is 2.94. The number of rotatable bonds is 2. The molecule has 0 amide bonds. The summed E-state index contributed by atoms with van der Waals surface area (Å²) in [7, 11) is 0. The molecular weight excluding hydrogens is 166 g/mol. The number of anilines is 3. The molecule has 0 spiro atoms. The highest BCUT2D eigenvalue weighted by Crippen LogP contribution is 2.08. The largest absolute Gasteiger partial charge is 0.383 e. The Morgan fingerprint density at radius 3 is 2.85 bits per heavy atom. The van der Waals surface area contributed by atoms with E-state index in [0.717, 1.165) is 0 Å². The summed E-state index contributed by atoms with van der Waals surface area (Å²) < 4.78 is 0. The molecule has 1 rings (SSSR count). The van der Waals surface area contributed by atoms with Gasteiger partial charge in [-0.05, 0) is 6.92 Å². The molecule has 1 heterocycles. The van der Waals surface area contributed by atoms with Crippen LogP contribution in [0.15, 0.2) is 6.07 Å². The molecule has 13 heavy (non-hydrogen) atoms. The molecule has 0 aliphatic rings. The third-order valence-electron chi connectivity index (χ3n) is 1.30. The van der Waals surface area contributed by atoms with E-state index in [1.54, 1.807) is 13.0 Å². The van der Waals surface area contributed by atoms with Crippen molar-refractivity contribution in [2.75, 3.05) is 23.3 Å². The minimum absolute atomic E-state index is 0.159. The summed E-state index contributed by atoms with van der Waals surface area (Å²) in [5.74, 6) is 6.68. The van der Waals surface area contributed by atoms with Crippen molar-refractivity contribution in [3.05, 3.63) is 6.07 Å². The van der Waals surface area contributed by atoms with E-state index in [-0.39, 0.29) is 5.95 Å². The van der Waals surface area contributed by atoms with E-state index >= 15 is 0 Å². The van der Waals surface area contributed by atoms with Gasteiger partial charge in [-0.25, -0.2) is 0 Å². The van der Waals surface area contributed by atoms with Crippen LogP contribution in [0.4, 0.5) is 17.6 Å². The minimum atomic E-state index is 0.159. The van der Waals surface area contributed by atoms with E-state index in [1.807, 2.05) is 0 Å². The number of nitrogens with two attached hydrogens (primary N) is 2. The molecule has 5 N–H and O–H groups in total. The van der Waals surface area contributed by atoms with Gasteiger partial charge in [-0.2, -0.15) is 9.97 Å². The van der Waals surface area contributed by atoms with Gasteiger partial charge in [-0.1, -0.05) is 5.92 Å². The fourth-order valence-corrected chi connectivity index (χ4v) is 0.799. The molecule has 1 aromatic heterocycles. The Morgan fingerprint density at radius 2 is 2.23 bits per heavy atom. The highest BCUT2D eigenvalue weighted by Gasteiger charge is 1.96. The van der Waals surface area contributed by atoms with Crippen LogP contribution in [0.5, 0.6) is 0 Å². The maximum Gasteiger partial charge on any atom is 0.223 e. The summed E-state index contributed by atoms with van der Waals surface area (Å²) in [5.41, 5.74) is 10.8. The summed E-state index contributed by atoms with van der Waals surface area (Å²) in [4.78, 5) is 7.64. The molecule has 0 aliphatic heterocycles. The zero-order valence-corrected chi connectivity index (χ0v) is 7.33. The van der Waals surface area contributed by atoms with Gasteiger partial charge < -0.3 is 16.8 Å². The normalized spacial score (nSPS) is 8.69. The van der Waals surface area contributed by atoms with Crippen LogP contribution < -0.4 is 16.8 Å². The maximum absolute atomic E-state index is 5.46. The Bertz CT molecular complexity index is 329. The van der Waals surface area contributed by atoms with Gasteiger partial charge in [0.15, 0.2) is 0 Å². The maximum atomic E-state index is 5.46. The standard InChI is InChI=1S/C8H11N5/c1-2-3-4-11-7-5-6(9)12-8(10)13-7/h5H,4H2,1H3,(H5,9,10,11,12,13). The fourth-order valence-electron chi connectivity index (χ4n) is 0.799. The molecule has 0 fully saturated rings. The molecule has 1 aromatic rings. The second kappa shape index (κ2) is 4.16. The molecule has 0 radical (unpaired) electrons. The summed E-state index contributed by atoms with van der Waals surface area (Å²) >= 11 is 0. The number of nitrogen functional groups attached to an aromatic ring is 2. The Morgan fingerprint density at radius 1 is 1.46 bits per heavy atom. The first-order valence-electron chi connectivity index (χ1n) is 3.76. The van der Waals surface area contributed by atoms with Crippen molar-refractivity contribution in [2.24, 2.45) is 0 Å². The lowest BCUT2D eigenvalue weighted by molar-refractivity contribution is 1.17. The summed E-state index contributed by atoms with van der Waals surface area (Å²) in [6.07, 6.45) is 0. The van der Waals surface area contributed by atoms with Crippen LogP contribution in [-0.2, 0) is 0 Å². The Labute approximate surface area is 76.6 Å². The second-order valence-electron chi connectivity index (χ2n) is 2.32. The van der Waals surface area contributed by atoms with Crippen molar-refractivity contribution < 1.29 is 0 Å². The van der Waals surface area contributed by atoms with Gasteiger partial charge in [0.05, 0.1) is 6.54 Å². The Balaban J connectivity index is 2.69. The molecule has 0 saturated heterocycles. The van der Waals surface area contributed by atoms with Crippen molar-refractivity contribution in [3.8, 4) is 11.8 Å². The van der Waals surface area contributed by atoms with E-state index in [4.69, 9.17) is 11.5 Å². The quantitative estimate of drug-likeness (QED) is 0.556. The first-order valence-corrected chi connectivity index (χ1v) is 3.76. The lowest BCUT2D eigenvalue weighted by Crippen LogP contribution is -2.06. The predicted octanol–water partition coefficient (Wildman–Crippen LogP) is 0.0762. The van der Waals surface area contributed by atoms with Gasteiger partial charge in [0.1, 0.15) is 11.6 Å². The average Bonchev–Trinajstić information content (AvgIpc) is 2.03. The van der Waals surface area contributed by atoms with Crippen LogP contribution in [0.3, 0.4) is 0 Å². The molecule has 0 atom stereocenters. The minimum Gasteiger partial charge on any atom is -0.383 e. The van der Waals surface area contributed by atoms with Gasteiger partial charge in [0, 0.05) is 6.07 Å². The van der Waals surface area contributed by atoms with Crippen LogP contribution >= 0.6 is 0 Å². The van der Waals surface area contributed by atoms with Crippen LogP contribution in [0.25, 0.3) is 0 Å². The van der Waals surface area contributed by atoms with Gasteiger partial charge in [0.25, 0.3) is 0 Å². The lowest BCUT2D eigenvalue weighted by Gasteiger charge is -2.02. The van der Waals surface area contributed by atoms with Crippen molar-refractivity contribution in [1.29, 1.82) is 0 Å². The lowest BCUT2D eigenvalue weighted by atomic mass is 10.5. The fraction of sp³-hybridized carbons (Fsp3) is 0.250. The third-order valence-corrected chi connectivity index (χ3v) is 1.30. The Kier molecular flexibility index (Phi) is 2.92. The number of nitrogens with zero attached hydrogens (tertiary/aromatic N) is 2. The van der Waals surface area contributed by atoms with Crippen molar-refractivity contribution >= 4 is 17.6 Å². The highest BCUT2D eigenvalue weighted by molar-refractivity contribution is 5.48. The van der Waals surface area contributed by atoms with Crippen LogP contribution in [0.1, 0.15) is 6.92 Å². The van der Waals surface area contributed by atoms with Gasteiger partial charge in [0.2, 0.25) is 5.95 Å². The van der Waals surface area contributed by atoms with Gasteiger partial charge >= 0.3 is 0 Å². The molecule has 0 bridgehead atoms. The molecule has 0 unspecified atom stereocenters. The van der Waals surface area contributed by atoms with Crippen molar-refractivity contribution in [2.45, 2.75) is 6.92 Å². The topological polar surface area (TPSA) is 89.8 Å². The summed E-state index contributed by atoms with van der Waals surface area (Å²) in [6.45, 7) is 2.29. The first kappa shape index (κ1) is 9.13. The van der Waals surface area contributed by atoms with Gasteiger partial charge in [-0.15, -0.1) is 5.92 Å². The van der Waals surface area contributed by atoms with E-state index in [2.05, 4.69) is 27.1 Å². The molecule has 0 aliphatic carbocycles. The smallest absolute Gasteiger partial charge is 0.223 e. The number of aromatic nitrogens is 2. The van der Waals surface area contributed by atoms with Crippen molar-refractivity contribution in [3.63, 3.8) is 0 Å². The molecule has 5 heteroatoms. The summed E-state index contributed by atoms with van der Waals surface area (Å²) in [6, 6.07) is 1.60. The van der Waals surface area contributed by atoms with E-state index in [9.17, 15) is 0 Å². The molecule has 0 saturated carbocycles. The van der Waals surface area contributed by atoms with Gasteiger partial charge in [-0.3, -0.25) is 0 Å². The Hall–Kier alpha value is -1.96. The van der Waals surface area contributed by atoms with Crippen LogP contribution in [0.2, 0.25) is 0 Å². The van der Waals surface area contributed by atoms with E-state index in [1.165, 1.54) is 0 Å². The van der Waals surface area contributed by atoms with E-state index < -0.39 is 0 Å². The SMILES string of the molecule is CC#CCNc1cc(N)nc(N)n1. The zero-order valence-electron chi connectivity index (χ0n) is 7.33. The third kappa shape index (κ3) is 2.87. The van der Waals surface area contributed by atoms with E-state index in [0.29, 0.717) is 18.2 Å². The number of nitrogens with one attached hydrogen (secondary N) is 1. The average molecular weight is 177 g/mol. The predicted molar refractivity (Wildman–Crippen MR) is 52.8 cm³/mol. The molecule has 68 valence electrons. The van der Waals surface area contributed by atoms with Crippen molar-refractivity contribution in [1.82, 2.24) is 9.97 Å². The first-order chi connectivity index (χ1) is 6.22. The molecule has 5 nitrogen and oxygen atoms in total. The van der Waals surface area contributed by atoms with Crippen LogP contribution in [-0.4, -0.2) is 16.5 Å². The highest BCUT2D eigenvalue weighted by atomic mass is 15.1. The monoisotopic (exact) mass is 177 g/mol. The van der Waals surface area contributed by atoms with Crippen LogP contribution in [0, 0.1) is 11.8 Å². The zero-order chi connectivity index (χ0) is 9.68. The molecule has 0 aromatic carbocycles.